The van der Waals surface area contributed by atoms with Crippen LogP contribution in [0.2, 0.25) is 0 Å². The topological polar surface area (TPSA) is 57.7 Å². The van der Waals surface area contributed by atoms with E-state index in [9.17, 15) is 13.8 Å². The molecule has 3 rings (SSSR count). The molecule has 0 saturated carbocycles. The minimum Gasteiger partial charge on any atom is -0.273 e. The van der Waals surface area contributed by atoms with Crippen LogP contribution in [0, 0.1) is 0 Å². The fourth-order valence-electron chi connectivity index (χ4n) is 3.75. The van der Waals surface area contributed by atoms with Gasteiger partial charge in [-0.15, -0.1) is 0 Å². The molecule has 0 bridgehead atoms. The first-order valence-corrected chi connectivity index (χ1v) is 13.0. The highest BCUT2D eigenvalue weighted by atomic mass is 79.9. The van der Waals surface area contributed by atoms with Gasteiger partial charge in [0, 0.05) is 13.5 Å². The van der Waals surface area contributed by atoms with E-state index in [-0.39, 0.29) is 11.8 Å². The van der Waals surface area contributed by atoms with E-state index >= 15 is 0 Å². The van der Waals surface area contributed by atoms with Crippen molar-refractivity contribution >= 4 is 38.5 Å². The quantitative estimate of drug-likeness (QED) is 0.258. The smallest absolute Gasteiger partial charge is 0.259 e. The lowest BCUT2D eigenvalue weighted by atomic mass is 10.1. The summed E-state index contributed by atoms with van der Waals surface area (Å²) in [5.74, 6) is -0.0489. The second-order valence-electron chi connectivity index (χ2n) is 7.78. The number of hydrogen-bond donors (Lipinski definition) is 0. The summed E-state index contributed by atoms with van der Waals surface area (Å²) < 4.78 is 13.0. The molecule has 2 amide bonds. The number of alkyl halides is 1. The van der Waals surface area contributed by atoms with Crippen LogP contribution in [-0.4, -0.2) is 42.8 Å². The first-order chi connectivity index (χ1) is 15.0. The van der Waals surface area contributed by atoms with Crippen molar-refractivity contribution in [1.29, 1.82) is 0 Å². The van der Waals surface area contributed by atoms with Crippen molar-refractivity contribution < 1.29 is 13.8 Å². The monoisotopic (exact) mass is 504 g/mol. The van der Waals surface area contributed by atoms with Crippen LogP contribution in [0.5, 0.6) is 0 Å². The number of unbranched alkanes of at least 4 members (excludes halogenated alkanes) is 3. The van der Waals surface area contributed by atoms with Crippen LogP contribution < -0.4 is 0 Å². The summed E-state index contributed by atoms with van der Waals surface area (Å²) in [6.45, 7) is 1.92. The van der Waals surface area contributed by atoms with Crippen LogP contribution in [0.3, 0.4) is 0 Å². The molecule has 0 aromatic heterocycles. The molecule has 0 spiro atoms. The van der Waals surface area contributed by atoms with Crippen molar-refractivity contribution in [2.75, 3.05) is 6.54 Å². The number of rotatable bonds is 11. The maximum absolute atomic E-state index is 13.0. The molecule has 1 aliphatic heterocycles. The Kier molecular flexibility index (Phi) is 8.84. The molecule has 3 atom stereocenters. The standard InChI is InChI=1S/C24H29BrN2O3S/c1-19(28)26(17-11-3-2-6-12-20-13-7-4-8-14-20)27-23(29)22(25)24(27)31(30)18-21-15-9-5-10-16-21/h4-5,7-10,13-16,22,24H,2-3,6,11-12,17-18H2,1H3/t22?,24-,31?/m1/s1. The van der Waals surface area contributed by atoms with Gasteiger partial charge in [-0.05, 0) is 30.4 Å². The number of halogens is 1. The van der Waals surface area contributed by atoms with E-state index in [2.05, 4.69) is 40.2 Å². The lowest BCUT2D eigenvalue weighted by molar-refractivity contribution is -0.175. The van der Waals surface area contributed by atoms with Crippen LogP contribution in [0.25, 0.3) is 0 Å². The highest BCUT2D eigenvalue weighted by Gasteiger charge is 2.52. The third-order valence-electron chi connectivity index (χ3n) is 5.43. The number of aryl methyl sites for hydroxylation is 1. The molecular weight excluding hydrogens is 476 g/mol. The number of amides is 2. The van der Waals surface area contributed by atoms with Gasteiger partial charge in [-0.25, -0.2) is 5.01 Å². The van der Waals surface area contributed by atoms with Crippen LogP contribution in [0.15, 0.2) is 60.7 Å². The molecule has 31 heavy (non-hydrogen) atoms. The van der Waals surface area contributed by atoms with Crippen molar-refractivity contribution in [1.82, 2.24) is 10.0 Å². The van der Waals surface area contributed by atoms with Gasteiger partial charge in [0.15, 0.2) is 5.37 Å². The summed E-state index contributed by atoms with van der Waals surface area (Å²) >= 11 is 3.37. The van der Waals surface area contributed by atoms with Crippen LogP contribution >= 0.6 is 15.9 Å². The minimum absolute atomic E-state index is 0.196. The molecule has 1 heterocycles. The van der Waals surface area contributed by atoms with Crippen molar-refractivity contribution in [2.24, 2.45) is 0 Å². The van der Waals surface area contributed by atoms with E-state index < -0.39 is 21.0 Å². The molecule has 166 valence electrons. The second-order valence-corrected chi connectivity index (χ2v) is 10.3. The Balaban J connectivity index is 1.50. The highest BCUT2D eigenvalue weighted by molar-refractivity contribution is 9.10. The molecule has 1 aliphatic rings. The molecule has 0 radical (unpaired) electrons. The maximum Gasteiger partial charge on any atom is 0.259 e. The average molecular weight is 505 g/mol. The summed E-state index contributed by atoms with van der Waals surface area (Å²) in [6, 6.07) is 20.0. The Labute approximate surface area is 195 Å². The molecule has 7 heteroatoms. The average Bonchev–Trinajstić information content (AvgIpc) is 2.78. The van der Waals surface area contributed by atoms with E-state index in [1.165, 1.54) is 22.5 Å². The molecule has 1 saturated heterocycles. The molecule has 2 aromatic carbocycles. The predicted molar refractivity (Wildman–Crippen MR) is 128 cm³/mol. The molecule has 2 unspecified atom stereocenters. The first-order valence-electron chi connectivity index (χ1n) is 10.7. The van der Waals surface area contributed by atoms with Crippen molar-refractivity contribution in [3.63, 3.8) is 0 Å². The number of nitrogens with zero attached hydrogens (tertiary/aromatic N) is 2. The number of carbonyl (C=O) groups excluding carboxylic acids is 2. The first kappa shape index (κ1) is 23.7. The van der Waals surface area contributed by atoms with Gasteiger partial charge in [-0.1, -0.05) is 89.4 Å². The lowest BCUT2D eigenvalue weighted by Gasteiger charge is -2.48. The lowest BCUT2D eigenvalue weighted by Crippen LogP contribution is -2.70. The molecule has 0 N–H and O–H groups in total. The Morgan fingerprint density at radius 1 is 0.968 bits per heavy atom. The van der Waals surface area contributed by atoms with E-state index in [0.29, 0.717) is 12.3 Å². The molecule has 1 fully saturated rings. The van der Waals surface area contributed by atoms with Crippen molar-refractivity contribution in [3.05, 3.63) is 71.8 Å². The van der Waals surface area contributed by atoms with Gasteiger partial charge in [0.05, 0.1) is 16.6 Å². The van der Waals surface area contributed by atoms with Crippen molar-refractivity contribution in [2.45, 2.75) is 55.0 Å². The fourth-order valence-corrected chi connectivity index (χ4v) is 6.42. The number of carbonyl (C=O) groups is 2. The van der Waals surface area contributed by atoms with Gasteiger partial charge in [0.25, 0.3) is 5.91 Å². The maximum atomic E-state index is 13.0. The summed E-state index contributed by atoms with van der Waals surface area (Å²) in [7, 11) is -1.31. The van der Waals surface area contributed by atoms with Gasteiger partial charge >= 0.3 is 0 Å². The van der Waals surface area contributed by atoms with E-state index in [0.717, 1.165) is 37.7 Å². The molecular formula is C24H29BrN2O3S. The zero-order chi connectivity index (χ0) is 22.2. The van der Waals surface area contributed by atoms with E-state index in [1.54, 1.807) is 0 Å². The number of hydrogen-bond acceptors (Lipinski definition) is 3. The Morgan fingerprint density at radius 2 is 1.55 bits per heavy atom. The number of hydrazine groups is 1. The Bertz CT molecular complexity index is 894. The SMILES string of the molecule is CC(=O)N(CCCCCCc1ccccc1)N1C(=O)C(Br)[C@H]1S(=O)Cc1ccccc1. The van der Waals surface area contributed by atoms with Gasteiger partial charge in [0.1, 0.15) is 4.83 Å². The Hall–Kier alpha value is -1.99. The highest BCUT2D eigenvalue weighted by Crippen LogP contribution is 2.32. The number of benzene rings is 2. The third-order valence-corrected chi connectivity index (χ3v) is 8.30. The normalized spacial score (nSPS) is 19.0. The van der Waals surface area contributed by atoms with Crippen LogP contribution in [0.1, 0.15) is 43.7 Å². The van der Waals surface area contributed by atoms with Crippen molar-refractivity contribution in [3.8, 4) is 0 Å². The molecule has 5 nitrogen and oxygen atoms in total. The summed E-state index contributed by atoms with van der Waals surface area (Å²) in [5, 5.41) is 2.35. The summed E-state index contributed by atoms with van der Waals surface area (Å²) in [6.07, 6.45) is 5.00. The van der Waals surface area contributed by atoms with Gasteiger partial charge < -0.3 is 0 Å². The van der Waals surface area contributed by atoms with E-state index in [4.69, 9.17) is 0 Å². The second kappa shape index (κ2) is 11.6. The largest absolute Gasteiger partial charge is 0.273 e. The summed E-state index contributed by atoms with van der Waals surface area (Å²) in [4.78, 5) is 24.3. The third kappa shape index (κ3) is 6.26. The number of β-lactam (4-membered cyclic amide) rings is 1. The predicted octanol–water partition coefficient (Wildman–Crippen LogP) is 4.43. The zero-order valence-corrected chi connectivity index (χ0v) is 20.2. The Morgan fingerprint density at radius 3 is 2.16 bits per heavy atom. The fraction of sp³-hybridized carbons (Fsp3) is 0.417. The zero-order valence-electron chi connectivity index (χ0n) is 17.8. The van der Waals surface area contributed by atoms with Gasteiger partial charge in [0.2, 0.25) is 5.91 Å². The molecule has 0 aliphatic carbocycles. The molecule has 2 aromatic rings. The summed E-state index contributed by atoms with van der Waals surface area (Å²) in [5.41, 5.74) is 2.29. The minimum atomic E-state index is -1.31. The van der Waals surface area contributed by atoms with Crippen LogP contribution in [0.4, 0.5) is 0 Å². The van der Waals surface area contributed by atoms with E-state index in [1.807, 2.05) is 36.4 Å². The van der Waals surface area contributed by atoms with Crippen LogP contribution in [-0.2, 0) is 32.6 Å². The van der Waals surface area contributed by atoms with Gasteiger partial charge in [-0.2, -0.15) is 0 Å². The van der Waals surface area contributed by atoms with Gasteiger partial charge in [-0.3, -0.25) is 18.8 Å².